The van der Waals surface area contributed by atoms with Crippen molar-refractivity contribution in [1.29, 1.82) is 0 Å². The van der Waals surface area contributed by atoms with Gasteiger partial charge in [-0.3, -0.25) is 9.10 Å². The van der Waals surface area contributed by atoms with Crippen LogP contribution < -0.4 is 9.62 Å². The molecule has 154 valence electrons. The van der Waals surface area contributed by atoms with E-state index in [9.17, 15) is 17.6 Å². The minimum Gasteiger partial charge on any atom is -0.352 e. The lowest BCUT2D eigenvalue weighted by Crippen LogP contribution is -2.46. The molecule has 0 spiro atoms. The van der Waals surface area contributed by atoms with Gasteiger partial charge in [0, 0.05) is 6.04 Å². The number of hydrogen-bond donors (Lipinski definition) is 1. The minimum atomic E-state index is -4.02. The molecule has 0 saturated heterocycles. The Labute approximate surface area is 171 Å². The monoisotopic (exact) mass is 416 g/mol. The van der Waals surface area contributed by atoms with Crippen LogP contribution in [0.2, 0.25) is 0 Å². The molecule has 2 fully saturated rings. The topological polar surface area (TPSA) is 66.5 Å². The van der Waals surface area contributed by atoms with Crippen LogP contribution in [-0.4, -0.2) is 26.9 Å². The minimum absolute atomic E-state index is 0.0489. The highest BCUT2D eigenvalue weighted by Gasteiger charge is 2.40. The third kappa shape index (κ3) is 4.15. The Morgan fingerprint density at radius 3 is 2.34 bits per heavy atom. The second-order valence-corrected chi connectivity index (χ2v) is 10.0. The van der Waals surface area contributed by atoms with Crippen LogP contribution in [-0.2, 0) is 14.8 Å². The molecule has 0 radical (unpaired) electrons. The van der Waals surface area contributed by atoms with Crippen molar-refractivity contribution in [2.24, 2.45) is 11.8 Å². The summed E-state index contributed by atoms with van der Waals surface area (Å²) in [6, 6.07) is 11.8. The molecule has 1 unspecified atom stereocenters. The Morgan fingerprint density at radius 2 is 1.76 bits per heavy atom. The summed E-state index contributed by atoms with van der Waals surface area (Å²) in [4.78, 5) is 12.7. The lowest BCUT2D eigenvalue weighted by molar-refractivity contribution is -0.120. The fourth-order valence-electron chi connectivity index (χ4n) is 4.56. The molecular formula is C22H25FN2O3S. The number of carbonyl (C=O) groups excluding carboxylic acids is 1. The summed E-state index contributed by atoms with van der Waals surface area (Å²) in [6.07, 6.45) is 4.49. The van der Waals surface area contributed by atoms with Crippen molar-refractivity contribution in [2.45, 2.75) is 43.5 Å². The smallest absolute Gasteiger partial charge is 0.264 e. The summed E-state index contributed by atoms with van der Waals surface area (Å²) in [7, 11) is -4.02. The molecular weight excluding hydrogens is 391 g/mol. The zero-order valence-corrected chi connectivity index (χ0v) is 17.2. The fraction of sp³-hybridized carbons (Fsp3) is 0.409. The van der Waals surface area contributed by atoms with E-state index < -0.39 is 15.8 Å². The maximum Gasteiger partial charge on any atom is 0.264 e. The number of carbonyl (C=O) groups is 1. The van der Waals surface area contributed by atoms with Crippen molar-refractivity contribution in [3.05, 3.63) is 59.9 Å². The first-order chi connectivity index (χ1) is 13.8. The van der Waals surface area contributed by atoms with Gasteiger partial charge in [0.1, 0.15) is 12.4 Å². The van der Waals surface area contributed by atoms with Gasteiger partial charge in [0.2, 0.25) is 5.91 Å². The number of amides is 1. The van der Waals surface area contributed by atoms with Crippen molar-refractivity contribution in [2.75, 3.05) is 10.8 Å². The van der Waals surface area contributed by atoms with Gasteiger partial charge in [-0.1, -0.05) is 24.1 Å². The number of halogens is 1. The third-order valence-corrected chi connectivity index (χ3v) is 7.88. The fourth-order valence-corrected chi connectivity index (χ4v) is 5.99. The van der Waals surface area contributed by atoms with Crippen molar-refractivity contribution in [3.8, 4) is 0 Å². The molecule has 4 rings (SSSR count). The van der Waals surface area contributed by atoms with Crippen LogP contribution in [0.3, 0.4) is 0 Å². The van der Waals surface area contributed by atoms with E-state index in [0.29, 0.717) is 17.5 Å². The van der Waals surface area contributed by atoms with E-state index in [1.165, 1.54) is 18.6 Å². The van der Waals surface area contributed by atoms with Crippen LogP contribution >= 0.6 is 0 Å². The normalized spacial score (nSPS) is 23.2. The molecule has 2 aromatic rings. The molecule has 2 saturated carbocycles. The highest BCUT2D eigenvalue weighted by atomic mass is 32.2. The van der Waals surface area contributed by atoms with E-state index in [1.54, 1.807) is 24.3 Å². The van der Waals surface area contributed by atoms with Gasteiger partial charge in [-0.2, -0.15) is 0 Å². The van der Waals surface area contributed by atoms with E-state index in [0.717, 1.165) is 41.3 Å². The van der Waals surface area contributed by atoms with Gasteiger partial charge in [0.25, 0.3) is 10.0 Å². The van der Waals surface area contributed by atoms with Crippen molar-refractivity contribution in [1.82, 2.24) is 5.32 Å². The number of fused-ring (bicyclic) bond motifs is 2. The first-order valence-corrected chi connectivity index (χ1v) is 11.4. The molecule has 3 atom stereocenters. The number of nitrogens with zero attached hydrogens (tertiary/aromatic N) is 1. The van der Waals surface area contributed by atoms with E-state index in [1.807, 2.05) is 6.92 Å². The summed E-state index contributed by atoms with van der Waals surface area (Å²) in [5.74, 6) is 0.362. The second-order valence-electron chi connectivity index (χ2n) is 8.15. The average molecular weight is 417 g/mol. The Morgan fingerprint density at radius 1 is 1.07 bits per heavy atom. The zero-order valence-electron chi connectivity index (χ0n) is 16.3. The van der Waals surface area contributed by atoms with Crippen molar-refractivity contribution < 1.29 is 17.6 Å². The van der Waals surface area contributed by atoms with E-state index in [2.05, 4.69) is 5.32 Å². The Balaban J connectivity index is 1.59. The Bertz CT molecular complexity index is 990. The van der Waals surface area contributed by atoms with Crippen LogP contribution in [0, 0.1) is 24.6 Å². The maximum absolute atomic E-state index is 13.3. The number of aryl methyl sites for hydroxylation is 1. The molecule has 0 heterocycles. The first kappa shape index (κ1) is 19.9. The first-order valence-electron chi connectivity index (χ1n) is 9.97. The van der Waals surface area contributed by atoms with E-state index in [-0.39, 0.29) is 23.4 Å². The zero-order chi connectivity index (χ0) is 20.6. The highest BCUT2D eigenvalue weighted by molar-refractivity contribution is 7.92. The molecule has 5 nitrogen and oxygen atoms in total. The molecule has 29 heavy (non-hydrogen) atoms. The van der Waals surface area contributed by atoms with Crippen molar-refractivity contribution >= 4 is 21.6 Å². The largest absolute Gasteiger partial charge is 0.352 e. The molecule has 7 heteroatoms. The number of rotatable bonds is 6. The van der Waals surface area contributed by atoms with Crippen LogP contribution in [0.15, 0.2) is 53.4 Å². The van der Waals surface area contributed by atoms with E-state index in [4.69, 9.17) is 0 Å². The molecule has 2 aliphatic carbocycles. The van der Waals surface area contributed by atoms with Crippen LogP contribution in [0.25, 0.3) is 0 Å². The molecule has 2 aliphatic rings. The molecule has 0 aromatic heterocycles. The summed E-state index contributed by atoms with van der Waals surface area (Å²) >= 11 is 0. The van der Waals surface area contributed by atoms with Gasteiger partial charge in [0.05, 0.1) is 10.6 Å². The predicted molar refractivity (Wildman–Crippen MR) is 109 cm³/mol. The lowest BCUT2D eigenvalue weighted by Gasteiger charge is -2.27. The molecule has 0 aliphatic heterocycles. The number of sulfonamides is 1. The van der Waals surface area contributed by atoms with Gasteiger partial charge < -0.3 is 5.32 Å². The SMILES string of the molecule is Cc1ccc(N(CC(=O)NC2C[C@H]3CC[C@@H]2C3)S(=O)(=O)c2ccc(F)cc2)cc1. The van der Waals surface area contributed by atoms with Gasteiger partial charge in [-0.25, -0.2) is 12.8 Å². The van der Waals surface area contributed by atoms with Gasteiger partial charge >= 0.3 is 0 Å². The van der Waals surface area contributed by atoms with Crippen LogP contribution in [0.1, 0.15) is 31.2 Å². The third-order valence-electron chi connectivity index (χ3n) is 6.10. The van der Waals surface area contributed by atoms with Gasteiger partial charge in [0.15, 0.2) is 0 Å². The average Bonchev–Trinajstić information content (AvgIpc) is 3.30. The maximum atomic E-state index is 13.3. The standard InChI is InChI=1S/C22H25FN2O3S/c1-15-2-8-19(9-3-15)25(29(27,28)20-10-6-18(23)7-11-20)14-22(26)24-21-13-16-4-5-17(21)12-16/h2-3,6-11,16-17,21H,4-5,12-14H2,1H3,(H,24,26)/t16-,17+,21?/m0/s1. The Hall–Kier alpha value is -2.41. The highest BCUT2D eigenvalue weighted by Crippen LogP contribution is 2.44. The Kier molecular flexibility index (Phi) is 5.34. The van der Waals surface area contributed by atoms with Crippen molar-refractivity contribution in [3.63, 3.8) is 0 Å². The molecule has 1 N–H and O–H groups in total. The number of nitrogens with one attached hydrogen (secondary N) is 1. The second kappa shape index (κ2) is 7.78. The summed E-state index contributed by atoms with van der Waals surface area (Å²) in [5.41, 5.74) is 1.39. The van der Waals surface area contributed by atoms with Gasteiger partial charge in [-0.05, 0) is 74.4 Å². The predicted octanol–water partition coefficient (Wildman–Crippen LogP) is 3.63. The summed E-state index contributed by atoms with van der Waals surface area (Å²) in [5, 5.41) is 3.05. The van der Waals surface area contributed by atoms with Crippen LogP contribution in [0.5, 0.6) is 0 Å². The van der Waals surface area contributed by atoms with Crippen LogP contribution in [0.4, 0.5) is 10.1 Å². The quantitative estimate of drug-likeness (QED) is 0.782. The number of anilines is 1. The van der Waals surface area contributed by atoms with E-state index >= 15 is 0 Å². The molecule has 2 bridgehead atoms. The lowest BCUT2D eigenvalue weighted by atomic mass is 9.95. The van der Waals surface area contributed by atoms with Gasteiger partial charge in [-0.15, -0.1) is 0 Å². The molecule has 1 amide bonds. The molecule has 2 aromatic carbocycles. The number of hydrogen-bond acceptors (Lipinski definition) is 3. The summed E-state index contributed by atoms with van der Waals surface area (Å²) in [6.45, 7) is 1.60. The summed E-state index contributed by atoms with van der Waals surface area (Å²) < 4.78 is 40.9. The number of benzene rings is 2.